The highest BCUT2D eigenvalue weighted by Gasteiger charge is 2.32. The first kappa shape index (κ1) is 14.9. The molecule has 1 aromatic rings. The third kappa shape index (κ3) is 4.01. The van der Waals surface area contributed by atoms with Crippen LogP contribution in [-0.2, 0) is 0 Å². The molecule has 1 fully saturated rings. The number of aromatic nitrogens is 1. The van der Waals surface area contributed by atoms with E-state index in [4.69, 9.17) is 5.73 Å². The Morgan fingerprint density at radius 3 is 2.84 bits per heavy atom. The SMILES string of the molecule is CC1CCC(CN)(CNCC(C)c2nccs2)CC1. The second-order valence-corrected chi connectivity index (χ2v) is 7.22. The molecule has 0 aromatic carbocycles. The minimum absolute atomic E-state index is 0.342. The van der Waals surface area contributed by atoms with Gasteiger partial charge in [0.15, 0.2) is 0 Å². The van der Waals surface area contributed by atoms with E-state index < -0.39 is 0 Å². The zero-order valence-corrected chi connectivity index (χ0v) is 13.0. The highest BCUT2D eigenvalue weighted by Crippen LogP contribution is 2.37. The maximum absolute atomic E-state index is 6.04. The first-order chi connectivity index (χ1) is 9.15. The van der Waals surface area contributed by atoms with Crippen LogP contribution in [0.1, 0.15) is 50.5 Å². The molecule has 0 spiro atoms. The molecule has 1 atom stereocenters. The van der Waals surface area contributed by atoms with Crippen molar-refractivity contribution in [3.63, 3.8) is 0 Å². The zero-order chi connectivity index (χ0) is 13.7. The van der Waals surface area contributed by atoms with Crippen LogP contribution in [0.25, 0.3) is 0 Å². The zero-order valence-electron chi connectivity index (χ0n) is 12.2. The molecule has 1 aliphatic carbocycles. The molecule has 1 aromatic heterocycles. The van der Waals surface area contributed by atoms with Crippen molar-refractivity contribution in [1.82, 2.24) is 10.3 Å². The normalized spacial score (nSPS) is 29.3. The first-order valence-corrected chi connectivity index (χ1v) is 8.33. The summed E-state index contributed by atoms with van der Waals surface area (Å²) in [5, 5.41) is 6.92. The molecule has 1 heterocycles. The third-order valence-corrected chi connectivity index (χ3v) is 5.60. The second-order valence-electron chi connectivity index (χ2n) is 6.29. The molecular weight excluding hydrogens is 254 g/mol. The van der Waals surface area contributed by atoms with Crippen LogP contribution in [0.5, 0.6) is 0 Å². The van der Waals surface area contributed by atoms with Crippen LogP contribution in [-0.4, -0.2) is 24.6 Å². The minimum atomic E-state index is 0.342. The van der Waals surface area contributed by atoms with Gasteiger partial charge in [-0.15, -0.1) is 11.3 Å². The van der Waals surface area contributed by atoms with Crippen molar-refractivity contribution < 1.29 is 0 Å². The molecule has 0 amide bonds. The molecule has 108 valence electrons. The Bertz CT molecular complexity index is 355. The van der Waals surface area contributed by atoms with E-state index in [9.17, 15) is 0 Å². The summed E-state index contributed by atoms with van der Waals surface area (Å²) in [6.07, 6.45) is 7.12. The number of hydrogen-bond acceptors (Lipinski definition) is 4. The van der Waals surface area contributed by atoms with E-state index in [1.807, 2.05) is 6.20 Å². The monoisotopic (exact) mass is 281 g/mol. The smallest absolute Gasteiger partial charge is 0.0965 e. The Hall–Kier alpha value is -0.450. The highest BCUT2D eigenvalue weighted by atomic mass is 32.1. The topological polar surface area (TPSA) is 50.9 Å². The van der Waals surface area contributed by atoms with Crippen molar-refractivity contribution in [2.24, 2.45) is 17.1 Å². The van der Waals surface area contributed by atoms with E-state index in [0.717, 1.165) is 25.6 Å². The van der Waals surface area contributed by atoms with Gasteiger partial charge in [0.05, 0.1) is 5.01 Å². The van der Waals surface area contributed by atoms with Gasteiger partial charge in [-0.25, -0.2) is 4.98 Å². The van der Waals surface area contributed by atoms with Gasteiger partial charge in [-0.1, -0.05) is 26.7 Å². The largest absolute Gasteiger partial charge is 0.330 e. The molecule has 0 bridgehead atoms. The van der Waals surface area contributed by atoms with Gasteiger partial charge in [0, 0.05) is 30.6 Å². The fourth-order valence-electron chi connectivity index (χ4n) is 2.95. The van der Waals surface area contributed by atoms with E-state index >= 15 is 0 Å². The summed E-state index contributed by atoms with van der Waals surface area (Å²) in [5.74, 6) is 1.38. The van der Waals surface area contributed by atoms with Crippen molar-refractivity contribution in [2.75, 3.05) is 19.6 Å². The summed E-state index contributed by atoms with van der Waals surface area (Å²) >= 11 is 1.75. The molecule has 19 heavy (non-hydrogen) atoms. The quantitative estimate of drug-likeness (QED) is 0.843. The summed E-state index contributed by atoms with van der Waals surface area (Å²) in [5.41, 5.74) is 6.39. The first-order valence-electron chi connectivity index (χ1n) is 7.45. The molecule has 0 aliphatic heterocycles. The van der Waals surface area contributed by atoms with E-state index in [0.29, 0.717) is 11.3 Å². The van der Waals surface area contributed by atoms with Crippen LogP contribution >= 0.6 is 11.3 Å². The van der Waals surface area contributed by atoms with Crippen LogP contribution in [0, 0.1) is 11.3 Å². The third-order valence-electron chi connectivity index (χ3n) is 4.59. The molecule has 0 saturated heterocycles. The van der Waals surface area contributed by atoms with Crippen molar-refractivity contribution in [3.8, 4) is 0 Å². The van der Waals surface area contributed by atoms with Gasteiger partial charge in [0.1, 0.15) is 0 Å². The predicted molar refractivity (Wildman–Crippen MR) is 82.5 cm³/mol. The van der Waals surface area contributed by atoms with Gasteiger partial charge in [-0.2, -0.15) is 0 Å². The number of nitrogens with zero attached hydrogens (tertiary/aromatic N) is 1. The van der Waals surface area contributed by atoms with Crippen LogP contribution in [0.4, 0.5) is 0 Å². The number of rotatable bonds is 6. The summed E-state index contributed by atoms with van der Waals surface area (Å²) in [6, 6.07) is 0. The molecule has 1 unspecified atom stereocenters. The number of nitrogens with two attached hydrogens (primary N) is 1. The van der Waals surface area contributed by atoms with Gasteiger partial charge in [0.25, 0.3) is 0 Å². The van der Waals surface area contributed by atoms with Gasteiger partial charge < -0.3 is 11.1 Å². The molecule has 1 saturated carbocycles. The Labute approximate surface area is 121 Å². The van der Waals surface area contributed by atoms with E-state index in [1.165, 1.54) is 30.7 Å². The van der Waals surface area contributed by atoms with Crippen LogP contribution in [0.3, 0.4) is 0 Å². The summed E-state index contributed by atoms with van der Waals surface area (Å²) in [7, 11) is 0. The van der Waals surface area contributed by atoms with Gasteiger partial charge in [-0.05, 0) is 30.7 Å². The number of nitrogens with one attached hydrogen (secondary N) is 1. The van der Waals surface area contributed by atoms with Gasteiger partial charge in [0.2, 0.25) is 0 Å². The second kappa shape index (κ2) is 6.82. The number of thiazole rings is 1. The lowest BCUT2D eigenvalue weighted by Gasteiger charge is -2.39. The predicted octanol–water partition coefficient (Wildman–Crippen LogP) is 2.99. The summed E-state index contributed by atoms with van der Waals surface area (Å²) in [6.45, 7) is 7.48. The Kier molecular flexibility index (Phi) is 5.37. The molecule has 3 nitrogen and oxygen atoms in total. The lowest BCUT2D eigenvalue weighted by Crippen LogP contribution is -2.43. The lowest BCUT2D eigenvalue weighted by molar-refractivity contribution is 0.159. The summed E-state index contributed by atoms with van der Waals surface area (Å²) < 4.78 is 0. The average molecular weight is 281 g/mol. The molecule has 0 radical (unpaired) electrons. The standard InChI is InChI=1S/C15H27N3S/c1-12-3-5-15(10-16,6-4-12)11-17-9-13(2)14-18-7-8-19-14/h7-8,12-13,17H,3-6,9-11,16H2,1-2H3. The fraction of sp³-hybridized carbons (Fsp3) is 0.800. The molecule has 2 rings (SSSR count). The minimum Gasteiger partial charge on any atom is -0.330 e. The Morgan fingerprint density at radius 1 is 1.53 bits per heavy atom. The molecular formula is C15H27N3S. The van der Waals surface area contributed by atoms with E-state index in [2.05, 4.69) is 29.5 Å². The Balaban J connectivity index is 1.77. The van der Waals surface area contributed by atoms with E-state index in [1.54, 1.807) is 11.3 Å². The maximum atomic E-state index is 6.04. The number of hydrogen-bond donors (Lipinski definition) is 2. The van der Waals surface area contributed by atoms with Crippen molar-refractivity contribution in [2.45, 2.75) is 45.4 Å². The fourth-order valence-corrected chi connectivity index (χ4v) is 3.65. The highest BCUT2D eigenvalue weighted by molar-refractivity contribution is 7.09. The molecule has 1 aliphatic rings. The van der Waals surface area contributed by atoms with Crippen molar-refractivity contribution >= 4 is 11.3 Å². The van der Waals surface area contributed by atoms with Crippen LogP contribution in [0.2, 0.25) is 0 Å². The van der Waals surface area contributed by atoms with Gasteiger partial charge in [-0.3, -0.25) is 0 Å². The van der Waals surface area contributed by atoms with Crippen LogP contribution < -0.4 is 11.1 Å². The Morgan fingerprint density at radius 2 is 2.26 bits per heavy atom. The van der Waals surface area contributed by atoms with Crippen molar-refractivity contribution in [1.29, 1.82) is 0 Å². The maximum Gasteiger partial charge on any atom is 0.0965 e. The van der Waals surface area contributed by atoms with Crippen LogP contribution in [0.15, 0.2) is 11.6 Å². The van der Waals surface area contributed by atoms with Gasteiger partial charge >= 0.3 is 0 Å². The van der Waals surface area contributed by atoms with E-state index in [-0.39, 0.29) is 0 Å². The molecule has 3 N–H and O–H groups in total. The average Bonchev–Trinajstić information content (AvgIpc) is 2.95. The van der Waals surface area contributed by atoms with Crippen molar-refractivity contribution in [3.05, 3.63) is 16.6 Å². The molecule has 4 heteroatoms. The lowest BCUT2D eigenvalue weighted by atomic mass is 9.71. The summed E-state index contributed by atoms with van der Waals surface area (Å²) in [4.78, 5) is 4.38.